The number of carbonyl (C=O) groups is 1. The van der Waals surface area contributed by atoms with Crippen molar-refractivity contribution in [3.8, 4) is 0 Å². The van der Waals surface area contributed by atoms with Gasteiger partial charge in [0.25, 0.3) is 0 Å². The van der Waals surface area contributed by atoms with Crippen molar-refractivity contribution in [3.63, 3.8) is 0 Å². The van der Waals surface area contributed by atoms with Crippen LogP contribution in [0.1, 0.15) is 18.9 Å². The average Bonchev–Trinajstić information content (AvgIpc) is 2.38. The van der Waals surface area contributed by atoms with Crippen molar-refractivity contribution in [3.05, 3.63) is 35.9 Å². The van der Waals surface area contributed by atoms with E-state index in [2.05, 4.69) is 5.32 Å². The lowest BCUT2D eigenvalue weighted by molar-refractivity contribution is -0.122. The summed E-state index contributed by atoms with van der Waals surface area (Å²) in [5.74, 6) is 0.115. The van der Waals surface area contributed by atoms with Crippen molar-refractivity contribution < 1.29 is 9.90 Å². The molecule has 1 amide bonds. The lowest BCUT2D eigenvalue weighted by Gasteiger charge is -2.17. The molecule has 1 aromatic rings. The van der Waals surface area contributed by atoms with Crippen LogP contribution < -0.4 is 11.1 Å². The highest BCUT2D eigenvalue weighted by Gasteiger charge is 2.13. The second-order valence-electron chi connectivity index (χ2n) is 4.68. The highest BCUT2D eigenvalue weighted by Crippen LogP contribution is 2.04. The van der Waals surface area contributed by atoms with E-state index in [4.69, 9.17) is 5.73 Å². The summed E-state index contributed by atoms with van der Waals surface area (Å²) in [4.78, 5) is 11.7. The van der Waals surface area contributed by atoms with Crippen LogP contribution in [-0.4, -0.2) is 30.2 Å². The zero-order chi connectivity index (χ0) is 13.4. The Labute approximate surface area is 108 Å². The Morgan fingerprint density at radius 2 is 2.06 bits per heavy atom. The van der Waals surface area contributed by atoms with Gasteiger partial charge >= 0.3 is 0 Å². The first kappa shape index (κ1) is 14.7. The summed E-state index contributed by atoms with van der Waals surface area (Å²) < 4.78 is 0. The zero-order valence-electron chi connectivity index (χ0n) is 10.8. The molecule has 0 aliphatic rings. The van der Waals surface area contributed by atoms with Crippen LogP contribution in [0, 0.1) is 5.92 Å². The molecule has 4 heteroatoms. The van der Waals surface area contributed by atoms with E-state index < -0.39 is 0 Å². The second-order valence-corrected chi connectivity index (χ2v) is 4.68. The standard InChI is InChI=1S/C14H22N2O2/c1-11(9-15)7-14(18)16-13(10-17)8-12-5-3-2-4-6-12/h2-6,11,13,17H,7-10,15H2,1H3,(H,16,18). The van der Waals surface area contributed by atoms with E-state index in [0.717, 1.165) is 5.56 Å². The smallest absolute Gasteiger partial charge is 0.220 e. The summed E-state index contributed by atoms with van der Waals surface area (Å²) in [6.45, 7) is 2.37. The SMILES string of the molecule is CC(CN)CC(=O)NC(CO)Cc1ccccc1. The van der Waals surface area contributed by atoms with Gasteiger partial charge in [0.2, 0.25) is 5.91 Å². The van der Waals surface area contributed by atoms with Crippen LogP contribution in [0.5, 0.6) is 0 Å². The first-order valence-corrected chi connectivity index (χ1v) is 6.30. The van der Waals surface area contributed by atoms with Crippen molar-refractivity contribution >= 4 is 5.91 Å². The quantitative estimate of drug-likeness (QED) is 0.666. The fraction of sp³-hybridized carbons (Fsp3) is 0.500. The molecular weight excluding hydrogens is 228 g/mol. The third kappa shape index (κ3) is 5.29. The minimum absolute atomic E-state index is 0.0528. The van der Waals surface area contributed by atoms with Crippen molar-refractivity contribution in [1.82, 2.24) is 5.32 Å². The number of aliphatic hydroxyl groups excluding tert-OH is 1. The van der Waals surface area contributed by atoms with Crippen LogP contribution in [0.4, 0.5) is 0 Å². The Balaban J connectivity index is 2.45. The molecule has 0 saturated carbocycles. The molecule has 0 radical (unpaired) electrons. The lowest BCUT2D eigenvalue weighted by Crippen LogP contribution is -2.40. The van der Waals surface area contributed by atoms with Crippen LogP contribution in [0.15, 0.2) is 30.3 Å². The lowest BCUT2D eigenvalue weighted by atomic mass is 10.0. The summed E-state index contributed by atoms with van der Waals surface area (Å²) in [6.07, 6.45) is 1.04. The molecule has 100 valence electrons. The molecule has 4 nitrogen and oxygen atoms in total. The molecule has 18 heavy (non-hydrogen) atoms. The maximum Gasteiger partial charge on any atom is 0.220 e. The summed E-state index contributed by atoms with van der Waals surface area (Å²) in [5.41, 5.74) is 6.58. The molecule has 0 saturated heterocycles. The molecule has 0 aromatic heterocycles. The van der Waals surface area contributed by atoms with Crippen LogP contribution in [-0.2, 0) is 11.2 Å². The maximum atomic E-state index is 11.7. The number of aliphatic hydroxyl groups is 1. The fourth-order valence-electron chi connectivity index (χ4n) is 1.75. The van der Waals surface area contributed by atoms with Gasteiger partial charge in [0.15, 0.2) is 0 Å². The molecule has 0 bridgehead atoms. The van der Waals surface area contributed by atoms with E-state index in [1.54, 1.807) is 0 Å². The molecule has 0 aliphatic carbocycles. The second kappa shape index (κ2) is 7.84. The van der Waals surface area contributed by atoms with Gasteiger partial charge in [-0.05, 0) is 24.4 Å². The first-order chi connectivity index (χ1) is 8.65. The van der Waals surface area contributed by atoms with E-state index in [1.807, 2.05) is 37.3 Å². The normalized spacial score (nSPS) is 13.9. The molecule has 2 atom stereocenters. The molecule has 0 spiro atoms. The topological polar surface area (TPSA) is 75.4 Å². The number of rotatable bonds is 7. The number of hydrogen-bond acceptors (Lipinski definition) is 3. The molecule has 0 aliphatic heterocycles. The highest BCUT2D eigenvalue weighted by molar-refractivity contribution is 5.76. The number of carbonyl (C=O) groups excluding carboxylic acids is 1. The molecular formula is C14H22N2O2. The van der Waals surface area contributed by atoms with Gasteiger partial charge in [0.05, 0.1) is 12.6 Å². The monoisotopic (exact) mass is 250 g/mol. The number of nitrogens with one attached hydrogen (secondary N) is 1. The summed E-state index contributed by atoms with van der Waals surface area (Å²) in [7, 11) is 0. The predicted octanol–water partition coefficient (Wildman–Crippen LogP) is 0.691. The Morgan fingerprint density at radius 3 is 2.61 bits per heavy atom. The molecule has 2 unspecified atom stereocenters. The minimum Gasteiger partial charge on any atom is -0.394 e. The van der Waals surface area contributed by atoms with Gasteiger partial charge in [-0.2, -0.15) is 0 Å². The van der Waals surface area contributed by atoms with Gasteiger partial charge in [-0.15, -0.1) is 0 Å². The molecule has 0 heterocycles. The Kier molecular flexibility index (Phi) is 6.39. The Morgan fingerprint density at radius 1 is 1.39 bits per heavy atom. The largest absolute Gasteiger partial charge is 0.394 e. The summed E-state index contributed by atoms with van der Waals surface area (Å²) in [6, 6.07) is 9.57. The first-order valence-electron chi connectivity index (χ1n) is 6.30. The van der Waals surface area contributed by atoms with Crippen molar-refractivity contribution in [2.45, 2.75) is 25.8 Å². The van der Waals surface area contributed by atoms with Crippen LogP contribution in [0.25, 0.3) is 0 Å². The fourth-order valence-corrected chi connectivity index (χ4v) is 1.75. The van der Waals surface area contributed by atoms with E-state index >= 15 is 0 Å². The van der Waals surface area contributed by atoms with Crippen molar-refractivity contribution in [2.24, 2.45) is 11.7 Å². The van der Waals surface area contributed by atoms with Crippen molar-refractivity contribution in [2.75, 3.05) is 13.2 Å². The Bertz CT molecular complexity index is 354. The zero-order valence-corrected chi connectivity index (χ0v) is 10.8. The molecule has 0 fully saturated rings. The number of hydrogen-bond donors (Lipinski definition) is 3. The van der Waals surface area contributed by atoms with E-state index in [0.29, 0.717) is 19.4 Å². The summed E-state index contributed by atoms with van der Waals surface area (Å²) >= 11 is 0. The summed E-state index contributed by atoms with van der Waals surface area (Å²) in [5, 5.41) is 12.1. The third-order valence-electron chi connectivity index (χ3n) is 2.85. The van der Waals surface area contributed by atoms with E-state index in [1.165, 1.54) is 0 Å². The van der Waals surface area contributed by atoms with Gasteiger partial charge in [0.1, 0.15) is 0 Å². The van der Waals surface area contributed by atoms with Gasteiger partial charge in [-0.1, -0.05) is 37.3 Å². The maximum absolute atomic E-state index is 11.7. The van der Waals surface area contributed by atoms with Gasteiger partial charge in [-0.25, -0.2) is 0 Å². The predicted molar refractivity (Wildman–Crippen MR) is 72.0 cm³/mol. The van der Waals surface area contributed by atoms with Crippen LogP contribution in [0.2, 0.25) is 0 Å². The highest BCUT2D eigenvalue weighted by atomic mass is 16.3. The molecule has 4 N–H and O–H groups in total. The van der Waals surface area contributed by atoms with E-state index in [-0.39, 0.29) is 24.5 Å². The third-order valence-corrected chi connectivity index (χ3v) is 2.85. The number of nitrogens with two attached hydrogens (primary N) is 1. The van der Waals surface area contributed by atoms with Crippen molar-refractivity contribution in [1.29, 1.82) is 0 Å². The van der Waals surface area contributed by atoms with E-state index in [9.17, 15) is 9.90 Å². The van der Waals surface area contributed by atoms with Crippen LogP contribution >= 0.6 is 0 Å². The number of amides is 1. The van der Waals surface area contributed by atoms with Crippen LogP contribution in [0.3, 0.4) is 0 Å². The average molecular weight is 250 g/mol. The molecule has 1 aromatic carbocycles. The number of benzene rings is 1. The van der Waals surface area contributed by atoms with Gasteiger partial charge < -0.3 is 16.2 Å². The Hall–Kier alpha value is -1.39. The van der Waals surface area contributed by atoms with Gasteiger partial charge in [0, 0.05) is 6.42 Å². The molecule has 1 rings (SSSR count). The van der Waals surface area contributed by atoms with Gasteiger partial charge in [-0.3, -0.25) is 4.79 Å². The minimum atomic E-state index is -0.232.